The van der Waals surface area contributed by atoms with Crippen LogP contribution >= 0.6 is 0 Å². The van der Waals surface area contributed by atoms with Gasteiger partial charge in [0.1, 0.15) is 5.75 Å². The standard InChI is InChI=1S/C16H24O5/c1-3-4-5-10-19-11-12-20-13(2)21-16(18)14-6-8-15(17)9-7-14/h6-9,13,17H,3-5,10-12H2,1-2H3. The zero-order chi connectivity index (χ0) is 15.5. The SMILES string of the molecule is CCCCCOCCOC(C)OC(=O)c1ccc(O)cc1. The van der Waals surface area contributed by atoms with Gasteiger partial charge in [0.25, 0.3) is 0 Å². The quantitative estimate of drug-likeness (QED) is 0.408. The number of carbonyl (C=O) groups excluding carboxylic acids is 1. The molecule has 1 rings (SSSR count). The van der Waals surface area contributed by atoms with Crippen molar-refractivity contribution in [2.75, 3.05) is 19.8 Å². The van der Waals surface area contributed by atoms with Gasteiger partial charge >= 0.3 is 5.97 Å². The Balaban J connectivity index is 2.14. The molecule has 21 heavy (non-hydrogen) atoms. The zero-order valence-electron chi connectivity index (χ0n) is 12.7. The monoisotopic (exact) mass is 296 g/mol. The Kier molecular flexibility index (Phi) is 8.47. The molecule has 118 valence electrons. The molecule has 0 amide bonds. The summed E-state index contributed by atoms with van der Waals surface area (Å²) in [5.41, 5.74) is 0.374. The van der Waals surface area contributed by atoms with Gasteiger partial charge in [-0.3, -0.25) is 0 Å². The Morgan fingerprint density at radius 2 is 1.86 bits per heavy atom. The van der Waals surface area contributed by atoms with E-state index in [1.807, 2.05) is 0 Å². The second-order valence-corrected chi connectivity index (χ2v) is 4.71. The molecule has 1 N–H and O–H groups in total. The van der Waals surface area contributed by atoms with E-state index in [4.69, 9.17) is 19.3 Å². The van der Waals surface area contributed by atoms with E-state index >= 15 is 0 Å². The van der Waals surface area contributed by atoms with E-state index in [9.17, 15) is 4.79 Å². The van der Waals surface area contributed by atoms with Crippen molar-refractivity contribution in [1.82, 2.24) is 0 Å². The first-order chi connectivity index (χ1) is 10.1. The number of phenols is 1. The average molecular weight is 296 g/mol. The third kappa shape index (κ3) is 7.68. The highest BCUT2D eigenvalue weighted by molar-refractivity contribution is 5.89. The molecule has 0 fully saturated rings. The predicted octanol–water partition coefficient (Wildman–Crippen LogP) is 3.12. The number of ether oxygens (including phenoxy) is 3. The Morgan fingerprint density at radius 1 is 1.14 bits per heavy atom. The minimum absolute atomic E-state index is 0.107. The van der Waals surface area contributed by atoms with E-state index in [1.54, 1.807) is 6.92 Å². The van der Waals surface area contributed by atoms with Crippen LogP contribution in [0.2, 0.25) is 0 Å². The van der Waals surface area contributed by atoms with Gasteiger partial charge in [0.2, 0.25) is 6.29 Å². The molecule has 0 saturated carbocycles. The fraction of sp³-hybridized carbons (Fsp3) is 0.562. The van der Waals surface area contributed by atoms with Crippen LogP contribution in [-0.4, -0.2) is 37.2 Å². The van der Waals surface area contributed by atoms with Crippen LogP contribution in [0, 0.1) is 0 Å². The van der Waals surface area contributed by atoms with Gasteiger partial charge in [0, 0.05) is 6.61 Å². The number of hydrogen-bond donors (Lipinski definition) is 1. The molecule has 0 radical (unpaired) electrons. The molecule has 0 aliphatic carbocycles. The molecule has 5 nitrogen and oxygen atoms in total. The van der Waals surface area contributed by atoms with Crippen LogP contribution in [0.3, 0.4) is 0 Å². The summed E-state index contributed by atoms with van der Waals surface area (Å²) in [6.45, 7) is 5.42. The molecule has 1 aromatic rings. The Labute approximate surface area is 125 Å². The smallest absolute Gasteiger partial charge is 0.340 e. The lowest BCUT2D eigenvalue weighted by Crippen LogP contribution is -2.20. The van der Waals surface area contributed by atoms with Gasteiger partial charge in [-0.1, -0.05) is 19.8 Å². The molecule has 0 saturated heterocycles. The van der Waals surface area contributed by atoms with Crippen molar-refractivity contribution in [2.24, 2.45) is 0 Å². The maximum Gasteiger partial charge on any atom is 0.340 e. The Bertz CT molecular complexity index is 402. The van der Waals surface area contributed by atoms with Gasteiger partial charge < -0.3 is 19.3 Å². The first-order valence-electron chi connectivity index (χ1n) is 7.33. The van der Waals surface area contributed by atoms with Gasteiger partial charge in [-0.05, 0) is 37.6 Å². The maximum absolute atomic E-state index is 11.8. The van der Waals surface area contributed by atoms with Gasteiger partial charge in [0.15, 0.2) is 0 Å². The van der Waals surface area contributed by atoms with Crippen LogP contribution in [0.4, 0.5) is 0 Å². The van der Waals surface area contributed by atoms with Crippen molar-refractivity contribution in [3.63, 3.8) is 0 Å². The molecule has 1 atom stereocenters. The lowest BCUT2D eigenvalue weighted by molar-refractivity contribution is -0.109. The largest absolute Gasteiger partial charge is 0.508 e. The molecular formula is C16H24O5. The number of benzene rings is 1. The van der Waals surface area contributed by atoms with E-state index in [0.29, 0.717) is 18.8 Å². The van der Waals surface area contributed by atoms with Crippen molar-refractivity contribution in [1.29, 1.82) is 0 Å². The number of hydrogen-bond acceptors (Lipinski definition) is 5. The highest BCUT2D eigenvalue weighted by Gasteiger charge is 2.11. The second kappa shape index (κ2) is 10.2. The highest BCUT2D eigenvalue weighted by atomic mass is 16.7. The van der Waals surface area contributed by atoms with E-state index in [-0.39, 0.29) is 5.75 Å². The summed E-state index contributed by atoms with van der Waals surface area (Å²) in [7, 11) is 0. The van der Waals surface area contributed by atoms with E-state index in [0.717, 1.165) is 13.0 Å². The average Bonchev–Trinajstić information content (AvgIpc) is 2.47. The first-order valence-corrected chi connectivity index (χ1v) is 7.33. The van der Waals surface area contributed by atoms with Crippen LogP contribution in [-0.2, 0) is 14.2 Å². The minimum atomic E-state index is -0.634. The minimum Gasteiger partial charge on any atom is -0.508 e. The third-order valence-electron chi connectivity index (χ3n) is 2.85. The predicted molar refractivity (Wildman–Crippen MR) is 79.3 cm³/mol. The van der Waals surface area contributed by atoms with Crippen LogP contribution < -0.4 is 0 Å². The highest BCUT2D eigenvalue weighted by Crippen LogP contribution is 2.11. The summed E-state index contributed by atoms with van der Waals surface area (Å²) in [5.74, 6) is -0.373. The molecule has 1 unspecified atom stereocenters. The molecule has 0 aliphatic rings. The lowest BCUT2D eigenvalue weighted by atomic mass is 10.2. The summed E-state index contributed by atoms with van der Waals surface area (Å²) >= 11 is 0. The topological polar surface area (TPSA) is 65.0 Å². The van der Waals surface area contributed by atoms with Crippen molar-refractivity contribution in [3.8, 4) is 5.75 Å². The molecule has 1 aromatic carbocycles. The number of esters is 1. The van der Waals surface area contributed by atoms with Gasteiger partial charge in [-0.2, -0.15) is 0 Å². The lowest BCUT2D eigenvalue weighted by Gasteiger charge is -2.14. The molecule has 0 bridgehead atoms. The van der Waals surface area contributed by atoms with Crippen molar-refractivity contribution >= 4 is 5.97 Å². The second-order valence-electron chi connectivity index (χ2n) is 4.71. The van der Waals surface area contributed by atoms with Gasteiger partial charge in [0.05, 0.1) is 18.8 Å². The van der Waals surface area contributed by atoms with Crippen molar-refractivity contribution in [2.45, 2.75) is 39.4 Å². The van der Waals surface area contributed by atoms with Crippen LogP contribution in [0.1, 0.15) is 43.5 Å². The summed E-state index contributed by atoms with van der Waals surface area (Å²) in [5, 5.41) is 9.15. The summed E-state index contributed by atoms with van der Waals surface area (Å²) in [4.78, 5) is 11.8. The summed E-state index contributed by atoms with van der Waals surface area (Å²) < 4.78 is 15.9. The number of phenolic OH excluding ortho intramolecular Hbond substituents is 1. The Hall–Kier alpha value is -1.59. The number of unbranched alkanes of at least 4 members (excludes halogenated alkanes) is 2. The fourth-order valence-electron chi connectivity index (χ4n) is 1.68. The normalized spacial score (nSPS) is 12.1. The molecule has 0 heterocycles. The van der Waals surface area contributed by atoms with E-state index in [1.165, 1.54) is 37.1 Å². The molecule has 0 spiro atoms. The Morgan fingerprint density at radius 3 is 2.52 bits per heavy atom. The number of carbonyl (C=O) groups is 1. The number of aromatic hydroxyl groups is 1. The zero-order valence-corrected chi connectivity index (χ0v) is 12.7. The molecule has 5 heteroatoms. The van der Waals surface area contributed by atoms with Gasteiger partial charge in [-0.25, -0.2) is 4.79 Å². The molecule has 0 aromatic heterocycles. The summed E-state index contributed by atoms with van der Waals surface area (Å²) in [6, 6.07) is 5.88. The first kappa shape index (κ1) is 17.5. The molecular weight excluding hydrogens is 272 g/mol. The van der Waals surface area contributed by atoms with Crippen LogP contribution in [0.5, 0.6) is 5.75 Å². The summed E-state index contributed by atoms with van der Waals surface area (Å²) in [6.07, 6.45) is 2.76. The number of rotatable bonds is 10. The van der Waals surface area contributed by atoms with Crippen molar-refractivity contribution in [3.05, 3.63) is 29.8 Å². The van der Waals surface area contributed by atoms with Crippen LogP contribution in [0.25, 0.3) is 0 Å². The van der Waals surface area contributed by atoms with Crippen LogP contribution in [0.15, 0.2) is 24.3 Å². The molecule has 0 aliphatic heterocycles. The van der Waals surface area contributed by atoms with E-state index < -0.39 is 12.3 Å². The third-order valence-corrected chi connectivity index (χ3v) is 2.85. The van der Waals surface area contributed by atoms with E-state index in [2.05, 4.69) is 6.92 Å². The van der Waals surface area contributed by atoms with Gasteiger partial charge in [-0.15, -0.1) is 0 Å². The fourth-order valence-corrected chi connectivity index (χ4v) is 1.68. The maximum atomic E-state index is 11.8. The van der Waals surface area contributed by atoms with Crippen molar-refractivity contribution < 1.29 is 24.1 Å².